The first-order chi connectivity index (χ1) is 26.3. The fourth-order valence-electron chi connectivity index (χ4n) is 8.41. The van der Waals surface area contributed by atoms with Crippen LogP contribution in [0.5, 0.6) is 0 Å². The molecular weight excluding hydrogens is 647 g/mol. The number of aromatic nitrogens is 4. The monoisotopic (exact) mass is 677 g/mol. The lowest BCUT2D eigenvalue weighted by molar-refractivity contribution is 0.750. The van der Waals surface area contributed by atoms with Crippen LogP contribution < -0.4 is 0 Å². The summed E-state index contributed by atoms with van der Waals surface area (Å²) < 4.78 is 4.48. The van der Waals surface area contributed by atoms with Gasteiger partial charge in [-0.05, 0) is 82.2 Å². The minimum absolute atomic E-state index is 0.597. The summed E-state index contributed by atoms with van der Waals surface area (Å²) in [7, 11) is 0. The molecule has 0 N–H and O–H groups in total. The molecule has 0 aliphatic carbocycles. The lowest BCUT2D eigenvalue weighted by Crippen LogP contribution is -2.31. The van der Waals surface area contributed by atoms with Crippen molar-refractivity contribution < 1.29 is 0 Å². The van der Waals surface area contributed by atoms with E-state index in [9.17, 15) is 0 Å². The van der Waals surface area contributed by atoms with Gasteiger partial charge in [0, 0.05) is 28.6 Å². The van der Waals surface area contributed by atoms with E-state index in [0.717, 1.165) is 77.5 Å². The van der Waals surface area contributed by atoms with Crippen molar-refractivity contribution in [3.8, 4) is 11.6 Å². The Bertz CT molecular complexity index is 2950. The van der Waals surface area contributed by atoms with Gasteiger partial charge in [-0.2, -0.15) is 0 Å². The molecule has 0 fully saturated rings. The topological polar surface area (TPSA) is 40.0 Å². The van der Waals surface area contributed by atoms with Gasteiger partial charge < -0.3 is 0 Å². The molecule has 248 valence electrons. The van der Waals surface area contributed by atoms with E-state index in [1.807, 2.05) is 42.7 Å². The van der Waals surface area contributed by atoms with Gasteiger partial charge in [0.1, 0.15) is 11.6 Å². The van der Waals surface area contributed by atoms with Crippen LogP contribution in [-0.4, -0.2) is 19.1 Å². The first kappa shape index (κ1) is 30.5. The van der Waals surface area contributed by atoms with Crippen LogP contribution in [0.4, 0.5) is 5.69 Å². The van der Waals surface area contributed by atoms with E-state index < -0.39 is 5.41 Å². The Labute approximate surface area is 306 Å². The number of para-hydroxylation sites is 2. The largest absolute Gasteiger partial charge is 0.294 e. The van der Waals surface area contributed by atoms with Gasteiger partial charge in [-0.25, -0.2) is 14.8 Å². The molecule has 0 spiro atoms. The Morgan fingerprint density at radius 3 is 1.45 bits per heavy atom. The van der Waals surface area contributed by atoms with Gasteiger partial charge in [-0.15, -0.1) is 0 Å². The van der Waals surface area contributed by atoms with Crippen LogP contribution in [0.3, 0.4) is 0 Å². The Kier molecular flexibility index (Phi) is 7.02. The van der Waals surface area contributed by atoms with Crippen LogP contribution in [0.25, 0.3) is 60.1 Å². The molecule has 0 bridgehead atoms. The van der Waals surface area contributed by atoms with Gasteiger partial charge in [0.25, 0.3) is 0 Å². The lowest BCUT2D eigenvalue weighted by Gasteiger charge is -2.38. The summed E-state index contributed by atoms with van der Waals surface area (Å²) in [4.78, 5) is 14.0. The molecule has 10 aromatic rings. The molecule has 4 heterocycles. The second-order valence-corrected chi connectivity index (χ2v) is 13.3. The van der Waals surface area contributed by atoms with Gasteiger partial charge in [0.05, 0.1) is 34.1 Å². The maximum absolute atomic E-state index is 8.75. The van der Waals surface area contributed by atoms with E-state index >= 15 is 0 Å². The summed E-state index contributed by atoms with van der Waals surface area (Å²) in [5, 5.41) is 4.40. The number of hydrogen-bond acceptors (Lipinski definition) is 2. The summed E-state index contributed by atoms with van der Waals surface area (Å²) in [6.07, 6.45) is 3.68. The maximum Gasteiger partial charge on any atom is 0.192 e. The summed E-state index contributed by atoms with van der Waals surface area (Å²) in [5.74, 6) is 1.68. The number of benzene rings is 6. The third kappa shape index (κ3) is 4.56. The highest BCUT2D eigenvalue weighted by Gasteiger charge is 2.41. The number of rotatable bonds is 6. The summed E-state index contributed by atoms with van der Waals surface area (Å²) in [6, 6.07) is 61.3. The van der Waals surface area contributed by atoms with Crippen LogP contribution in [-0.2, 0) is 5.41 Å². The zero-order valence-corrected chi connectivity index (χ0v) is 28.6. The van der Waals surface area contributed by atoms with Gasteiger partial charge in [-0.1, -0.05) is 121 Å². The third-order valence-corrected chi connectivity index (χ3v) is 10.6. The van der Waals surface area contributed by atoms with Crippen LogP contribution in [0.2, 0.25) is 0 Å². The molecule has 0 amide bonds. The van der Waals surface area contributed by atoms with E-state index in [1.54, 1.807) is 0 Å². The van der Waals surface area contributed by atoms with E-state index in [2.05, 4.69) is 160 Å². The molecule has 5 nitrogen and oxygen atoms in total. The molecule has 4 aromatic heterocycles. The predicted octanol–water partition coefficient (Wildman–Crippen LogP) is 11.6. The van der Waals surface area contributed by atoms with E-state index in [-0.39, 0.29) is 0 Å². The molecule has 0 radical (unpaired) electrons. The molecule has 0 atom stereocenters. The van der Waals surface area contributed by atoms with E-state index in [0.29, 0.717) is 5.69 Å². The van der Waals surface area contributed by atoms with Crippen molar-refractivity contribution in [3.05, 3.63) is 222 Å². The standard InChI is InChI=1S/C48H31N5/c1-49-41-31-39-37-21-9-11-23-43(37)53(47-25-13-15-29-51-47)45(39)32-40(41)48(33-16-4-2-5-17-33,34-18-6-3-7-19-34)35-26-27-38-36-20-8-10-22-42(36)52(44(38)30-35)46-24-12-14-28-50-46/h2-32H. The van der Waals surface area contributed by atoms with Crippen molar-refractivity contribution in [1.82, 2.24) is 19.1 Å². The SMILES string of the molecule is [C-]#[N+]c1cc2c3ccccc3n(-c3ccccn3)c2cc1C(c1ccccc1)(c1ccccc1)c1ccc2c3ccccc3n(-c3ccccn3)c2c1. The number of hydrogen-bond donors (Lipinski definition) is 0. The minimum Gasteiger partial charge on any atom is -0.294 e. The molecule has 0 unspecified atom stereocenters. The molecule has 0 aliphatic rings. The van der Waals surface area contributed by atoms with Gasteiger partial charge in [0.15, 0.2) is 5.69 Å². The molecular formula is C48H31N5. The zero-order chi connectivity index (χ0) is 35.4. The summed E-state index contributed by atoms with van der Waals surface area (Å²) >= 11 is 0. The van der Waals surface area contributed by atoms with Crippen molar-refractivity contribution >= 4 is 49.3 Å². The Hall–Kier alpha value is -7.29. The quantitative estimate of drug-likeness (QED) is 0.130. The van der Waals surface area contributed by atoms with Crippen molar-refractivity contribution in [2.75, 3.05) is 0 Å². The highest BCUT2D eigenvalue weighted by Crippen LogP contribution is 2.51. The fraction of sp³-hybridized carbons (Fsp3) is 0.0208. The highest BCUT2D eigenvalue weighted by atomic mass is 15.1. The Morgan fingerprint density at radius 1 is 0.415 bits per heavy atom. The van der Waals surface area contributed by atoms with Crippen molar-refractivity contribution in [1.29, 1.82) is 0 Å². The third-order valence-electron chi connectivity index (χ3n) is 10.6. The first-order valence-electron chi connectivity index (χ1n) is 17.7. The predicted molar refractivity (Wildman–Crippen MR) is 215 cm³/mol. The maximum atomic E-state index is 8.75. The molecule has 5 heteroatoms. The number of pyridine rings is 2. The first-order valence-corrected chi connectivity index (χ1v) is 17.7. The van der Waals surface area contributed by atoms with Crippen molar-refractivity contribution in [3.63, 3.8) is 0 Å². The van der Waals surface area contributed by atoms with Gasteiger partial charge in [-0.3, -0.25) is 9.13 Å². The van der Waals surface area contributed by atoms with Crippen LogP contribution in [0.1, 0.15) is 22.3 Å². The van der Waals surface area contributed by atoms with Crippen LogP contribution in [0.15, 0.2) is 188 Å². The van der Waals surface area contributed by atoms with Crippen molar-refractivity contribution in [2.45, 2.75) is 5.41 Å². The van der Waals surface area contributed by atoms with Crippen LogP contribution in [0, 0.1) is 6.57 Å². The Balaban J connectivity index is 1.39. The summed E-state index contributed by atoms with van der Waals surface area (Å²) in [5.41, 5.74) is 7.96. The lowest BCUT2D eigenvalue weighted by atomic mass is 9.64. The average molecular weight is 678 g/mol. The second-order valence-electron chi connectivity index (χ2n) is 13.3. The average Bonchev–Trinajstić information content (AvgIpc) is 3.74. The van der Waals surface area contributed by atoms with Crippen LogP contribution >= 0.6 is 0 Å². The molecule has 0 aliphatic heterocycles. The number of nitrogens with zero attached hydrogens (tertiary/aromatic N) is 5. The molecule has 53 heavy (non-hydrogen) atoms. The molecule has 10 rings (SSSR count). The smallest absolute Gasteiger partial charge is 0.192 e. The minimum atomic E-state index is -0.887. The Morgan fingerprint density at radius 2 is 0.906 bits per heavy atom. The zero-order valence-electron chi connectivity index (χ0n) is 28.6. The van der Waals surface area contributed by atoms with Crippen molar-refractivity contribution in [2.24, 2.45) is 0 Å². The molecule has 0 saturated carbocycles. The normalized spacial score (nSPS) is 11.8. The molecule has 6 aromatic carbocycles. The van der Waals surface area contributed by atoms with Gasteiger partial charge in [0.2, 0.25) is 0 Å². The molecule has 0 saturated heterocycles. The van der Waals surface area contributed by atoms with E-state index in [4.69, 9.17) is 16.5 Å². The fourth-order valence-corrected chi connectivity index (χ4v) is 8.41. The second kappa shape index (κ2) is 12.2. The van der Waals surface area contributed by atoms with Gasteiger partial charge >= 0.3 is 0 Å². The summed E-state index contributed by atoms with van der Waals surface area (Å²) in [6.45, 7) is 8.75. The number of fused-ring (bicyclic) bond motifs is 6. The highest BCUT2D eigenvalue weighted by molar-refractivity contribution is 6.11. The van der Waals surface area contributed by atoms with E-state index in [1.165, 1.54) is 0 Å².